The molecule has 1 heterocycles. The molecular weight excluding hydrogens is 234 g/mol. The Labute approximate surface area is 104 Å². The van der Waals surface area contributed by atoms with Gasteiger partial charge in [0.05, 0.1) is 14.2 Å². The maximum atomic E-state index is 11.3. The van der Waals surface area contributed by atoms with E-state index in [-0.39, 0.29) is 0 Å². The number of aliphatic hydroxyl groups excluding tert-OH is 1. The highest BCUT2D eigenvalue weighted by molar-refractivity contribution is 5.88. The first-order valence-corrected chi connectivity index (χ1v) is 5.36. The lowest BCUT2D eigenvalue weighted by atomic mass is 10.0. The highest BCUT2D eigenvalue weighted by Crippen LogP contribution is 2.26. The minimum Gasteiger partial charge on any atom is -0.481 e. The number of rotatable bonds is 3. The number of hydrogen-bond acceptors (Lipinski definition) is 5. The Hall–Kier alpha value is -2.14. The van der Waals surface area contributed by atoms with E-state index in [4.69, 9.17) is 4.74 Å². The molecule has 2 rings (SSSR count). The number of nitrogens with zero attached hydrogens (tertiary/aromatic N) is 1. The van der Waals surface area contributed by atoms with Crippen molar-refractivity contribution >= 4 is 16.7 Å². The summed E-state index contributed by atoms with van der Waals surface area (Å²) in [6.07, 6.45) is 0.335. The second-order valence-corrected chi connectivity index (χ2v) is 3.73. The second kappa shape index (κ2) is 5.01. The Morgan fingerprint density at radius 3 is 2.78 bits per heavy atom. The van der Waals surface area contributed by atoms with E-state index in [0.29, 0.717) is 11.4 Å². The molecular formula is C13H13NO4. The van der Waals surface area contributed by atoms with Gasteiger partial charge < -0.3 is 14.6 Å². The molecule has 0 spiro atoms. The van der Waals surface area contributed by atoms with Crippen molar-refractivity contribution in [1.82, 2.24) is 4.98 Å². The van der Waals surface area contributed by atoms with Crippen LogP contribution in [0, 0.1) is 0 Å². The molecule has 0 amide bonds. The molecule has 1 N–H and O–H groups in total. The number of aliphatic hydroxyl groups is 1. The quantitative estimate of drug-likeness (QED) is 0.831. The van der Waals surface area contributed by atoms with E-state index in [9.17, 15) is 9.90 Å². The number of carbonyl (C=O) groups is 1. The fraction of sp³-hybridized carbons (Fsp3) is 0.231. The van der Waals surface area contributed by atoms with Gasteiger partial charge in [-0.2, -0.15) is 0 Å². The lowest BCUT2D eigenvalue weighted by molar-refractivity contribution is -0.150. The van der Waals surface area contributed by atoms with Crippen LogP contribution in [0.15, 0.2) is 30.5 Å². The summed E-state index contributed by atoms with van der Waals surface area (Å²) in [6.45, 7) is 0. The summed E-state index contributed by atoms with van der Waals surface area (Å²) in [5.74, 6) is -0.247. The Morgan fingerprint density at radius 2 is 2.11 bits per heavy atom. The van der Waals surface area contributed by atoms with Gasteiger partial charge in [-0.05, 0) is 23.1 Å². The van der Waals surface area contributed by atoms with Crippen molar-refractivity contribution in [3.63, 3.8) is 0 Å². The Kier molecular flexibility index (Phi) is 3.43. The Balaban J connectivity index is 2.52. The average molecular weight is 247 g/mol. The van der Waals surface area contributed by atoms with Gasteiger partial charge in [-0.1, -0.05) is 12.1 Å². The van der Waals surface area contributed by atoms with Crippen LogP contribution < -0.4 is 4.74 Å². The van der Waals surface area contributed by atoms with Gasteiger partial charge in [0.25, 0.3) is 0 Å². The zero-order valence-corrected chi connectivity index (χ0v) is 10.1. The Bertz CT molecular complexity index is 582. The van der Waals surface area contributed by atoms with E-state index in [1.165, 1.54) is 14.2 Å². The minimum atomic E-state index is -1.30. The van der Waals surface area contributed by atoms with Crippen molar-refractivity contribution in [2.45, 2.75) is 6.10 Å². The molecule has 94 valence electrons. The minimum absolute atomic E-state index is 0.445. The highest BCUT2D eigenvalue weighted by atomic mass is 16.5. The molecule has 0 aliphatic rings. The third-order valence-corrected chi connectivity index (χ3v) is 2.69. The number of methoxy groups -OCH3 is 2. The van der Waals surface area contributed by atoms with Crippen LogP contribution in [0.1, 0.15) is 11.7 Å². The number of esters is 1. The fourth-order valence-corrected chi connectivity index (χ4v) is 1.74. The summed E-state index contributed by atoms with van der Waals surface area (Å²) in [5, 5.41) is 11.4. The Morgan fingerprint density at radius 1 is 1.33 bits per heavy atom. The summed E-state index contributed by atoms with van der Waals surface area (Å²) in [5.41, 5.74) is 0.445. The molecule has 1 atom stereocenters. The van der Waals surface area contributed by atoms with Crippen LogP contribution in [0.4, 0.5) is 0 Å². The monoisotopic (exact) mass is 247 g/mol. The first-order valence-electron chi connectivity index (χ1n) is 5.36. The van der Waals surface area contributed by atoms with Crippen LogP contribution >= 0.6 is 0 Å². The van der Waals surface area contributed by atoms with Gasteiger partial charge in [0.15, 0.2) is 6.10 Å². The molecule has 2 aromatic rings. The number of hydrogen-bond donors (Lipinski definition) is 1. The van der Waals surface area contributed by atoms with Crippen molar-refractivity contribution in [2.75, 3.05) is 14.2 Å². The summed E-state index contributed by atoms with van der Waals surface area (Å²) in [7, 11) is 2.75. The highest BCUT2D eigenvalue weighted by Gasteiger charge is 2.18. The van der Waals surface area contributed by atoms with Gasteiger partial charge in [0.1, 0.15) is 0 Å². The zero-order chi connectivity index (χ0) is 13.1. The molecule has 0 aliphatic carbocycles. The van der Waals surface area contributed by atoms with E-state index in [1.54, 1.807) is 24.4 Å². The standard InChI is InChI=1S/C13H13NO4/c1-17-12-10-7-9(11(15)13(16)18-2)4-3-8(10)5-6-14-12/h3-7,11,15H,1-2H3. The smallest absolute Gasteiger partial charge is 0.339 e. The van der Waals surface area contributed by atoms with Crippen molar-refractivity contribution in [3.05, 3.63) is 36.0 Å². The lowest BCUT2D eigenvalue weighted by Crippen LogP contribution is -2.13. The maximum Gasteiger partial charge on any atom is 0.339 e. The van der Waals surface area contributed by atoms with Gasteiger partial charge in [0.2, 0.25) is 5.88 Å². The molecule has 0 saturated heterocycles. The number of pyridine rings is 1. The number of benzene rings is 1. The topological polar surface area (TPSA) is 68.7 Å². The molecule has 0 aliphatic heterocycles. The SMILES string of the molecule is COC(=O)C(O)c1ccc2ccnc(OC)c2c1. The van der Waals surface area contributed by atoms with Crippen LogP contribution in [0.25, 0.3) is 10.8 Å². The normalized spacial score (nSPS) is 12.2. The van der Waals surface area contributed by atoms with E-state index in [1.807, 2.05) is 6.07 Å². The molecule has 0 radical (unpaired) electrons. The number of ether oxygens (including phenoxy) is 2. The van der Waals surface area contributed by atoms with Crippen LogP contribution in [-0.4, -0.2) is 30.3 Å². The number of carbonyl (C=O) groups excluding carboxylic acids is 1. The van der Waals surface area contributed by atoms with E-state index < -0.39 is 12.1 Å². The fourth-order valence-electron chi connectivity index (χ4n) is 1.74. The predicted molar refractivity (Wildman–Crippen MR) is 65.3 cm³/mol. The summed E-state index contributed by atoms with van der Waals surface area (Å²) >= 11 is 0. The van der Waals surface area contributed by atoms with Crippen molar-refractivity contribution in [1.29, 1.82) is 0 Å². The summed E-state index contributed by atoms with van der Waals surface area (Å²) in [6, 6.07) is 6.96. The lowest BCUT2D eigenvalue weighted by Gasteiger charge is -2.10. The van der Waals surface area contributed by atoms with E-state index in [0.717, 1.165) is 10.8 Å². The first-order chi connectivity index (χ1) is 8.67. The largest absolute Gasteiger partial charge is 0.481 e. The molecule has 1 aromatic carbocycles. The third-order valence-electron chi connectivity index (χ3n) is 2.69. The molecule has 1 aromatic heterocycles. The maximum absolute atomic E-state index is 11.3. The number of fused-ring (bicyclic) bond motifs is 1. The van der Waals surface area contributed by atoms with Crippen molar-refractivity contribution < 1.29 is 19.4 Å². The zero-order valence-electron chi connectivity index (χ0n) is 10.1. The van der Waals surface area contributed by atoms with Gasteiger partial charge >= 0.3 is 5.97 Å². The molecule has 0 fully saturated rings. The molecule has 5 nitrogen and oxygen atoms in total. The van der Waals surface area contributed by atoms with Crippen LogP contribution in [-0.2, 0) is 9.53 Å². The molecule has 5 heteroatoms. The number of aromatic nitrogens is 1. The van der Waals surface area contributed by atoms with Gasteiger partial charge in [-0.15, -0.1) is 0 Å². The third kappa shape index (κ3) is 2.12. The average Bonchev–Trinajstić information content (AvgIpc) is 2.44. The predicted octanol–water partition coefficient (Wildman–Crippen LogP) is 1.45. The van der Waals surface area contributed by atoms with Gasteiger partial charge in [0, 0.05) is 11.6 Å². The molecule has 0 bridgehead atoms. The molecule has 0 saturated carbocycles. The van der Waals surface area contributed by atoms with Gasteiger partial charge in [-0.25, -0.2) is 9.78 Å². The van der Waals surface area contributed by atoms with Crippen molar-refractivity contribution in [2.24, 2.45) is 0 Å². The van der Waals surface area contributed by atoms with Crippen LogP contribution in [0.2, 0.25) is 0 Å². The summed E-state index contributed by atoms with van der Waals surface area (Å²) in [4.78, 5) is 15.4. The summed E-state index contributed by atoms with van der Waals surface area (Å²) < 4.78 is 9.64. The van der Waals surface area contributed by atoms with E-state index in [2.05, 4.69) is 9.72 Å². The first kappa shape index (κ1) is 12.3. The molecule has 1 unspecified atom stereocenters. The van der Waals surface area contributed by atoms with Crippen LogP contribution in [0.3, 0.4) is 0 Å². The second-order valence-electron chi connectivity index (χ2n) is 3.73. The van der Waals surface area contributed by atoms with Crippen molar-refractivity contribution in [3.8, 4) is 5.88 Å². The van der Waals surface area contributed by atoms with E-state index >= 15 is 0 Å². The molecule has 18 heavy (non-hydrogen) atoms. The van der Waals surface area contributed by atoms with Crippen LogP contribution in [0.5, 0.6) is 5.88 Å². The van der Waals surface area contributed by atoms with Gasteiger partial charge in [-0.3, -0.25) is 0 Å².